The summed E-state index contributed by atoms with van der Waals surface area (Å²) in [5.74, 6) is 2.58. The van der Waals surface area contributed by atoms with Gasteiger partial charge in [-0.3, -0.25) is 0 Å². The third-order valence-electron chi connectivity index (χ3n) is 3.76. The molecule has 2 heteroatoms. The van der Waals surface area contributed by atoms with Crippen LogP contribution in [0.25, 0.3) is 0 Å². The predicted octanol–water partition coefficient (Wildman–Crippen LogP) is 3.26. The van der Waals surface area contributed by atoms with Crippen molar-refractivity contribution in [2.75, 3.05) is 13.1 Å². The number of hydrogen-bond donors (Lipinski definition) is 1. The monoisotopic (exact) mass is 247 g/mol. The van der Waals surface area contributed by atoms with Crippen LogP contribution in [0.1, 0.15) is 32.8 Å². The van der Waals surface area contributed by atoms with Crippen molar-refractivity contribution in [3.05, 3.63) is 29.8 Å². The molecule has 0 spiro atoms. The second-order valence-electron chi connectivity index (χ2n) is 5.75. The summed E-state index contributed by atoms with van der Waals surface area (Å²) < 4.78 is 5.76. The lowest BCUT2D eigenvalue weighted by Crippen LogP contribution is -2.36. The van der Waals surface area contributed by atoms with Crippen molar-refractivity contribution in [3.8, 4) is 5.75 Å². The lowest BCUT2D eigenvalue weighted by atomic mass is 9.83. The molecule has 1 aliphatic heterocycles. The Morgan fingerprint density at radius 2 is 2.22 bits per heavy atom. The molecule has 18 heavy (non-hydrogen) atoms. The molecule has 1 heterocycles. The first-order valence-corrected chi connectivity index (χ1v) is 7.11. The molecule has 1 saturated heterocycles. The van der Waals surface area contributed by atoms with E-state index in [0.717, 1.165) is 30.6 Å². The van der Waals surface area contributed by atoms with Gasteiger partial charge >= 0.3 is 0 Å². The summed E-state index contributed by atoms with van der Waals surface area (Å²) in [6.07, 6.45) is 2.70. The second kappa shape index (κ2) is 6.24. The molecular weight excluding hydrogens is 222 g/mol. The average molecular weight is 247 g/mol. The summed E-state index contributed by atoms with van der Waals surface area (Å²) in [6, 6.07) is 8.57. The Labute approximate surface area is 111 Å². The van der Waals surface area contributed by atoms with Gasteiger partial charge in [-0.25, -0.2) is 0 Å². The van der Waals surface area contributed by atoms with Crippen LogP contribution in [-0.2, 0) is 6.42 Å². The molecule has 0 radical (unpaired) electrons. The smallest absolute Gasteiger partial charge is 0.119 e. The molecule has 1 aromatic carbocycles. The third-order valence-corrected chi connectivity index (χ3v) is 3.76. The summed E-state index contributed by atoms with van der Waals surface area (Å²) >= 11 is 0. The van der Waals surface area contributed by atoms with Crippen molar-refractivity contribution in [1.82, 2.24) is 5.32 Å². The molecular formula is C16H25NO. The molecule has 2 nitrogen and oxygen atoms in total. The molecule has 100 valence electrons. The number of benzene rings is 1. The maximum atomic E-state index is 5.76. The Kier molecular flexibility index (Phi) is 4.65. The highest BCUT2D eigenvalue weighted by Gasteiger charge is 2.21. The van der Waals surface area contributed by atoms with E-state index in [4.69, 9.17) is 4.74 Å². The maximum absolute atomic E-state index is 5.76. The van der Waals surface area contributed by atoms with Gasteiger partial charge in [-0.2, -0.15) is 0 Å². The minimum Gasteiger partial charge on any atom is -0.491 e. The van der Waals surface area contributed by atoms with Crippen molar-refractivity contribution in [1.29, 1.82) is 0 Å². The van der Waals surface area contributed by atoms with Crippen molar-refractivity contribution in [2.45, 2.75) is 39.7 Å². The molecule has 0 amide bonds. The van der Waals surface area contributed by atoms with Crippen LogP contribution < -0.4 is 10.1 Å². The Balaban J connectivity index is 1.99. The summed E-state index contributed by atoms with van der Waals surface area (Å²) in [5.41, 5.74) is 1.40. The molecule has 0 saturated carbocycles. The first-order valence-electron chi connectivity index (χ1n) is 7.11. The third kappa shape index (κ3) is 3.74. The summed E-state index contributed by atoms with van der Waals surface area (Å²) in [5, 5.41) is 3.50. The maximum Gasteiger partial charge on any atom is 0.119 e. The Hall–Kier alpha value is -1.02. The Morgan fingerprint density at radius 1 is 1.39 bits per heavy atom. The summed E-state index contributed by atoms with van der Waals surface area (Å²) in [7, 11) is 0. The largest absolute Gasteiger partial charge is 0.491 e. The van der Waals surface area contributed by atoms with E-state index in [1.165, 1.54) is 18.5 Å². The summed E-state index contributed by atoms with van der Waals surface area (Å²) in [6.45, 7) is 8.84. The van der Waals surface area contributed by atoms with Crippen molar-refractivity contribution in [2.24, 2.45) is 11.8 Å². The van der Waals surface area contributed by atoms with Gasteiger partial charge in [0.2, 0.25) is 0 Å². The van der Waals surface area contributed by atoms with Crippen LogP contribution >= 0.6 is 0 Å². The van der Waals surface area contributed by atoms with E-state index in [0.29, 0.717) is 0 Å². The Morgan fingerprint density at radius 3 is 2.94 bits per heavy atom. The minimum absolute atomic E-state index is 0.246. The lowest BCUT2D eigenvalue weighted by molar-refractivity contribution is 0.241. The van der Waals surface area contributed by atoms with Crippen LogP contribution in [0, 0.1) is 11.8 Å². The highest BCUT2D eigenvalue weighted by Crippen LogP contribution is 2.24. The summed E-state index contributed by atoms with van der Waals surface area (Å²) in [4.78, 5) is 0. The van der Waals surface area contributed by atoms with Crippen LogP contribution in [0.2, 0.25) is 0 Å². The van der Waals surface area contributed by atoms with Crippen LogP contribution in [0.4, 0.5) is 0 Å². The molecule has 1 N–H and O–H groups in total. The fourth-order valence-corrected chi connectivity index (χ4v) is 2.65. The standard InChI is InChI=1S/C16H25NO/c1-12(2)18-16-6-4-5-14(10-16)9-15-11-17-8-7-13(15)3/h4-6,10,12-13,15,17H,7-9,11H2,1-3H3. The van der Waals surface area contributed by atoms with Crippen LogP contribution in [-0.4, -0.2) is 19.2 Å². The molecule has 2 atom stereocenters. The van der Waals surface area contributed by atoms with E-state index in [-0.39, 0.29) is 6.10 Å². The zero-order chi connectivity index (χ0) is 13.0. The molecule has 2 unspecified atom stereocenters. The first-order chi connectivity index (χ1) is 8.65. The average Bonchev–Trinajstić information content (AvgIpc) is 2.32. The van der Waals surface area contributed by atoms with Gasteiger partial charge in [0.05, 0.1) is 6.10 Å². The second-order valence-corrected chi connectivity index (χ2v) is 5.75. The van der Waals surface area contributed by atoms with E-state index in [9.17, 15) is 0 Å². The number of rotatable bonds is 4. The number of ether oxygens (including phenoxy) is 1. The van der Waals surface area contributed by atoms with Gasteiger partial charge in [0, 0.05) is 0 Å². The molecule has 1 aromatic rings. The normalized spacial score (nSPS) is 24.2. The lowest BCUT2D eigenvalue weighted by Gasteiger charge is -2.29. The Bertz CT molecular complexity index is 375. The molecule has 2 rings (SSSR count). The molecule has 0 bridgehead atoms. The van der Waals surface area contributed by atoms with Crippen molar-refractivity contribution >= 4 is 0 Å². The van der Waals surface area contributed by atoms with Crippen LogP contribution in [0.3, 0.4) is 0 Å². The van der Waals surface area contributed by atoms with Gasteiger partial charge in [0.25, 0.3) is 0 Å². The van der Waals surface area contributed by atoms with Gasteiger partial charge in [0.1, 0.15) is 5.75 Å². The van der Waals surface area contributed by atoms with Gasteiger partial charge in [-0.05, 0) is 69.3 Å². The fraction of sp³-hybridized carbons (Fsp3) is 0.625. The van der Waals surface area contributed by atoms with Gasteiger partial charge in [0.15, 0.2) is 0 Å². The predicted molar refractivity (Wildman–Crippen MR) is 76.1 cm³/mol. The first kappa shape index (κ1) is 13.4. The molecule has 0 aliphatic carbocycles. The van der Waals surface area contributed by atoms with Gasteiger partial charge in [-0.1, -0.05) is 19.1 Å². The highest BCUT2D eigenvalue weighted by atomic mass is 16.5. The van der Waals surface area contributed by atoms with Gasteiger partial charge in [-0.15, -0.1) is 0 Å². The van der Waals surface area contributed by atoms with Crippen LogP contribution in [0.5, 0.6) is 5.75 Å². The van der Waals surface area contributed by atoms with Crippen molar-refractivity contribution in [3.63, 3.8) is 0 Å². The van der Waals surface area contributed by atoms with Crippen molar-refractivity contribution < 1.29 is 4.74 Å². The SMILES string of the molecule is CC(C)Oc1cccc(CC2CNCCC2C)c1. The molecule has 0 aromatic heterocycles. The highest BCUT2D eigenvalue weighted by molar-refractivity contribution is 5.29. The quantitative estimate of drug-likeness (QED) is 0.881. The van der Waals surface area contributed by atoms with Gasteiger partial charge < -0.3 is 10.1 Å². The topological polar surface area (TPSA) is 21.3 Å². The van der Waals surface area contributed by atoms with E-state index in [1.54, 1.807) is 0 Å². The van der Waals surface area contributed by atoms with E-state index >= 15 is 0 Å². The van der Waals surface area contributed by atoms with E-state index < -0.39 is 0 Å². The molecule has 1 aliphatic rings. The minimum atomic E-state index is 0.246. The zero-order valence-electron chi connectivity index (χ0n) is 11.8. The number of piperidine rings is 1. The molecule has 1 fully saturated rings. The van der Waals surface area contributed by atoms with E-state index in [1.807, 2.05) is 6.07 Å². The van der Waals surface area contributed by atoms with E-state index in [2.05, 4.69) is 44.3 Å². The fourth-order valence-electron chi connectivity index (χ4n) is 2.65. The zero-order valence-corrected chi connectivity index (χ0v) is 11.8. The number of nitrogens with one attached hydrogen (secondary N) is 1. The van der Waals surface area contributed by atoms with Crippen LogP contribution in [0.15, 0.2) is 24.3 Å². The number of hydrogen-bond acceptors (Lipinski definition) is 2.